The van der Waals surface area contributed by atoms with Crippen molar-refractivity contribution in [1.82, 2.24) is 9.88 Å². The third kappa shape index (κ3) is 5.27. The summed E-state index contributed by atoms with van der Waals surface area (Å²) in [6, 6.07) is 13.6. The summed E-state index contributed by atoms with van der Waals surface area (Å²) in [5.41, 5.74) is 10.9. The van der Waals surface area contributed by atoms with Crippen LogP contribution in [0.2, 0.25) is 4.34 Å². The second-order valence-corrected chi connectivity index (χ2v) is 11.4. The van der Waals surface area contributed by atoms with Gasteiger partial charge in [0, 0.05) is 40.7 Å². The molecule has 2 atom stereocenters. The van der Waals surface area contributed by atoms with Crippen LogP contribution in [-0.2, 0) is 0 Å². The molecule has 0 radical (unpaired) electrons. The zero-order valence-corrected chi connectivity index (χ0v) is 22.9. The number of hydrogen-bond acceptors (Lipinski definition) is 5. The van der Waals surface area contributed by atoms with E-state index in [1.54, 1.807) is 6.20 Å². The van der Waals surface area contributed by atoms with Crippen molar-refractivity contribution in [2.24, 2.45) is 0 Å². The predicted octanol–water partition coefficient (Wildman–Crippen LogP) is 7.05. The number of thiophene rings is 1. The molecule has 0 saturated carbocycles. The van der Waals surface area contributed by atoms with E-state index in [0.717, 1.165) is 27.8 Å². The molecule has 0 saturated heterocycles. The topological polar surface area (TPSA) is 56.6 Å². The fourth-order valence-corrected chi connectivity index (χ4v) is 6.02. The third-order valence-corrected chi connectivity index (χ3v) is 8.10. The average Bonchev–Trinajstić information content (AvgIpc) is 3.21. The lowest BCUT2D eigenvalue weighted by molar-refractivity contribution is 0.0460. The Bertz CT molecular complexity index is 1540. The van der Waals surface area contributed by atoms with Crippen LogP contribution in [0.3, 0.4) is 0 Å². The lowest BCUT2D eigenvalue weighted by Crippen LogP contribution is -2.42. The predicted molar refractivity (Wildman–Crippen MR) is 156 cm³/mol. The van der Waals surface area contributed by atoms with Crippen LogP contribution in [0.25, 0.3) is 11.1 Å². The quantitative estimate of drug-likeness (QED) is 0.301. The summed E-state index contributed by atoms with van der Waals surface area (Å²) < 4.78 is 0.676. The van der Waals surface area contributed by atoms with Gasteiger partial charge >= 0.3 is 0 Å². The number of hydrogen-bond donors (Lipinski definition) is 2. The molecule has 2 aliphatic carbocycles. The Kier molecular flexibility index (Phi) is 7.69. The highest BCUT2D eigenvalue weighted by molar-refractivity contribution is 7.14. The molecule has 0 amide bonds. The Hall–Kier alpha value is -3.40. The van der Waals surface area contributed by atoms with Crippen LogP contribution >= 0.6 is 22.9 Å². The molecule has 2 aliphatic rings. The zero-order chi connectivity index (χ0) is 26.7. The van der Waals surface area contributed by atoms with Crippen LogP contribution in [-0.4, -0.2) is 46.3 Å². The van der Waals surface area contributed by atoms with Crippen molar-refractivity contribution < 1.29 is 10.2 Å². The molecule has 2 N–H and O–H groups in total. The number of aliphatic hydroxyl groups is 1. The van der Waals surface area contributed by atoms with Crippen LogP contribution in [0.4, 0.5) is 0 Å². The highest BCUT2D eigenvalue weighted by Gasteiger charge is 2.45. The molecule has 38 heavy (non-hydrogen) atoms. The molecule has 4 nitrogen and oxygen atoms in total. The largest absolute Gasteiger partial charge is 0.493 e. The van der Waals surface area contributed by atoms with Crippen molar-refractivity contribution in [3.8, 4) is 17.0 Å². The molecule has 0 spiro atoms. The van der Waals surface area contributed by atoms with Crippen LogP contribution in [0, 0.1) is 0 Å². The monoisotopic (exact) mass is 540 g/mol. The summed E-state index contributed by atoms with van der Waals surface area (Å²) in [6.07, 6.45) is 12.8. The maximum absolute atomic E-state index is 13.0. The van der Waals surface area contributed by atoms with Crippen molar-refractivity contribution in [2.75, 3.05) is 20.6 Å². The SMILES string of the molecule is CN(C)CCC(O)(C1=C=C=CC2=C1CC=CC=C2)C(c1ccccc1)c1cc(-c2csc(Cl)c2)cnc1O. The van der Waals surface area contributed by atoms with E-state index >= 15 is 0 Å². The lowest BCUT2D eigenvalue weighted by Gasteiger charge is -2.40. The van der Waals surface area contributed by atoms with E-state index in [0.29, 0.717) is 34.9 Å². The molecule has 1 aromatic carbocycles. The Labute approximate surface area is 232 Å². The second kappa shape index (κ2) is 11.1. The smallest absolute Gasteiger partial charge is 0.214 e. The first-order valence-electron chi connectivity index (χ1n) is 12.5. The normalized spacial score (nSPS) is 16.8. The number of rotatable bonds is 8. The number of aromatic hydroxyl groups is 1. The standard InChI is InChI=1S/C32H29ClN2O2S/c1-35(2)17-16-32(37,28-15-9-13-22-10-5-4-8-14-26(22)28)30(23-11-6-3-7-12-23)27-18-24(20-34-31(27)36)25-19-29(33)38-21-25/h3-8,10-13,18-21,30,37H,14,16-17H2,1-2H3,(H,34,36). The first kappa shape index (κ1) is 26.2. The van der Waals surface area contributed by atoms with Crippen LogP contribution < -0.4 is 0 Å². The van der Waals surface area contributed by atoms with E-state index in [1.807, 2.05) is 86.2 Å². The van der Waals surface area contributed by atoms with E-state index in [2.05, 4.69) is 27.4 Å². The maximum Gasteiger partial charge on any atom is 0.214 e. The summed E-state index contributed by atoms with van der Waals surface area (Å²) in [5, 5.41) is 26.1. The van der Waals surface area contributed by atoms with E-state index in [4.69, 9.17) is 11.6 Å². The van der Waals surface area contributed by atoms with E-state index in [-0.39, 0.29) is 5.88 Å². The summed E-state index contributed by atoms with van der Waals surface area (Å²) in [5.74, 6) is -0.740. The Morgan fingerprint density at radius 2 is 1.97 bits per heavy atom. The minimum absolute atomic E-state index is 0.113. The Morgan fingerprint density at radius 3 is 2.71 bits per heavy atom. The summed E-state index contributed by atoms with van der Waals surface area (Å²) in [4.78, 5) is 6.43. The highest BCUT2D eigenvalue weighted by atomic mass is 35.5. The summed E-state index contributed by atoms with van der Waals surface area (Å²) in [6.45, 7) is 0.622. The number of allylic oxidation sites excluding steroid dienone is 6. The van der Waals surface area contributed by atoms with Crippen molar-refractivity contribution >= 4 is 22.9 Å². The van der Waals surface area contributed by atoms with Gasteiger partial charge in [0.1, 0.15) is 5.60 Å². The molecule has 0 bridgehead atoms. The van der Waals surface area contributed by atoms with E-state index < -0.39 is 11.5 Å². The number of nitrogens with zero attached hydrogens (tertiary/aromatic N) is 2. The van der Waals surface area contributed by atoms with E-state index in [9.17, 15) is 10.2 Å². The van der Waals surface area contributed by atoms with Gasteiger partial charge in [-0.1, -0.05) is 77.7 Å². The van der Waals surface area contributed by atoms with Crippen molar-refractivity contribution in [2.45, 2.75) is 24.4 Å². The first-order chi connectivity index (χ1) is 18.4. The third-order valence-electron chi connectivity index (χ3n) is 7.01. The Balaban J connectivity index is 1.75. The maximum atomic E-state index is 13.0. The molecule has 2 aromatic heterocycles. The average molecular weight is 541 g/mol. The van der Waals surface area contributed by atoms with Gasteiger partial charge in [0.2, 0.25) is 5.88 Å². The summed E-state index contributed by atoms with van der Waals surface area (Å²) >= 11 is 7.67. The molecular weight excluding hydrogens is 512 g/mol. The number of halogens is 1. The van der Waals surface area contributed by atoms with Crippen molar-refractivity contribution in [3.63, 3.8) is 0 Å². The minimum atomic E-state index is -1.43. The van der Waals surface area contributed by atoms with Gasteiger partial charge in [-0.3, -0.25) is 0 Å². The molecule has 5 rings (SSSR count). The zero-order valence-electron chi connectivity index (χ0n) is 21.4. The van der Waals surface area contributed by atoms with Crippen LogP contribution in [0.1, 0.15) is 29.9 Å². The minimum Gasteiger partial charge on any atom is -0.493 e. The molecule has 3 aromatic rings. The number of benzene rings is 1. The van der Waals surface area contributed by atoms with Gasteiger partial charge in [-0.15, -0.1) is 11.3 Å². The molecule has 0 fully saturated rings. The van der Waals surface area contributed by atoms with Gasteiger partial charge < -0.3 is 15.1 Å². The molecular formula is C32H29ClN2O2S. The van der Waals surface area contributed by atoms with Crippen molar-refractivity contribution in [3.05, 3.63) is 128 Å². The first-order valence-corrected chi connectivity index (χ1v) is 13.8. The Morgan fingerprint density at radius 1 is 1.16 bits per heavy atom. The molecule has 2 unspecified atom stereocenters. The fraction of sp³-hybridized carbons (Fsp3) is 0.219. The second-order valence-electron chi connectivity index (χ2n) is 9.81. The molecule has 0 aliphatic heterocycles. The number of aromatic nitrogens is 1. The molecule has 2 heterocycles. The summed E-state index contributed by atoms with van der Waals surface area (Å²) in [7, 11) is 3.98. The lowest BCUT2D eigenvalue weighted by atomic mass is 9.68. The van der Waals surface area contributed by atoms with Gasteiger partial charge in [-0.25, -0.2) is 4.98 Å². The van der Waals surface area contributed by atoms with Crippen molar-refractivity contribution in [1.29, 1.82) is 0 Å². The molecule has 192 valence electrons. The van der Waals surface area contributed by atoms with Gasteiger partial charge in [-0.05, 0) is 67.4 Å². The highest BCUT2D eigenvalue weighted by Crippen LogP contribution is 2.48. The van der Waals surface area contributed by atoms with Crippen LogP contribution in [0.15, 0.2) is 113 Å². The molecule has 6 heteroatoms. The van der Waals surface area contributed by atoms with Crippen LogP contribution in [0.5, 0.6) is 5.88 Å². The van der Waals surface area contributed by atoms with E-state index in [1.165, 1.54) is 11.3 Å². The van der Waals surface area contributed by atoms with Gasteiger partial charge in [-0.2, -0.15) is 0 Å². The van der Waals surface area contributed by atoms with Gasteiger partial charge in [0.05, 0.1) is 4.34 Å². The van der Waals surface area contributed by atoms with Gasteiger partial charge in [0.25, 0.3) is 0 Å². The number of pyridine rings is 1. The fourth-order valence-electron chi connectivity index (χ4n) is 5.13. The van der Waals surface area contributed by atoms with Gasteiger partial charge in [0.15, 0.2) is 0 Å².